The van der Waals surface area contributed by atoms with Crippen LogP contribution in [-0.4, -0.2) is 42.0 Å². The van der Waals surface area contributed by atoms with Crippen LogP contribution >= 0.6 is 0 Å². The van der Waals surface area contributed by atoms with Gasteiger partial charge in [0.15, 0.2) is 0 Å². The highest BCUT2D eigenvalue weighted by molar-refractivity contribution is 5.73. The molecule has 5 nitrogen and oxygen atoms in total. The molecule has 1 aliphatic heterocycles. The van der Waals surface area contributed by atoms with E-state index < -0.39 is 0 Å². The first kappa shape index (κ1) is 21.2. The Bertz CT molecular complexity index is 763. The van der Waals surface area contributed by atoms with E-state index in [0.717, 1.165) is 56.9 Å². The predicted octanol–water partition coefficient (Wildman–Crippen LogP) is 4.54. The first-order chi connectivity index (χ1) is 14.1. The number of hydrogen-bond acceptors (Lipinski definition) is 4. The maximum absolute atomic E-state index is 11.8. The van der Waals surface area contributed by atoms with Crippen molar-refractivity contribution in [3.8, 4) is 5.75 Å². The van der Waals surface area contributed by atoms with Crippen molar-refractivity contribution < 1.29 is 9.53 Å². The summed E-state index contributed by atoms with van der Waals surface area (Å²) in [6.45, 7) is 7.22. The van der Waals surface area contributed by atoms with E-state index in [4.69, 9.17) is 4.74 Å². The molecule has 1 saturated heterocycles. The van der Waals surface area contributed by atoms with Crippen molar-refractivity contribution in [2.75, 3.05) is 31.6 Å². The number of ether oxygens (including phenoxy) is 1. The van der Waals surface area contributed by atoms with E-state index in [9.17, 15) is 4.79 Å². The zero-order valence-electron chi connectivity index (χ0n) is 17.7. The lowest BCUT2D eigenvalue weighted by atomic mass is 9.73. The Morgan fingerprint density at radius 1 is 1.24 bits per heavy atom. The molecule has 1 aromatic carbocycles. The maximum atomic E-state index is 11.8. The second-order valence-corrected chi connectivity index (χ2v) is 8.06. The van der Waals surface area contributed by atoms with Crippen molar-refractivity contribution in [2.24, 2.45) is 5.41 Å². The molecule has 0 saturated carbocycles. The summed E-state index contributed by atoms with van der Waals surface area (Å²) in [6, 6.07) is 14.3. The molecule has 29 heavy (non-hydrogen) atoms. The third-order valence-electron chi connectivity index (χ3n) is 5.92. The van der Waals surface area contributed by atoms with Crippen LogP contribution in [0.4, 0.5) is 5.82 Å². The van der Waals surface area contributed by atoms with E-state index in [1.54, 1.807) is 13.1 Å². The Morgan fingerprint density at radius 2 is 2.07 bits per heavy atom. The van der Waals surface area contributed by atoms with E-state index in [-0.39, 0.29) is 11.3 Å². The summed E-state index contributed by atoms with van der Waals surface area (Å²) in [7, 11) is 0. The molecule has 1 amide bonds. The first-order valence-corrected chi connectivity index (χ1v) is 10.7. The molecule has 2 aromatic rings. The number of nitrogens with zero attached hydrogens (tertiary/aromatic N) is 2. The molecule has 0 spiro atoms. The molecule has 1 aliphatic rings. The molecule has 3 rings (SSSR count). The number of carbonyl (C=O) groups excluding carboxylic acids is 1. The van der Waals surface area contributed by atoms with E-state index in [0.29, 0.717) is 6.61 Å². The highest BCUT2D eigenvalue weighted by Crippen LogP contribution is 2.37. The lowest BCUT2D eigenvalue weighted by Crippen LogP contribution is -2.46. The average molecular weight is 396 g/mol. The zero-order chi connectivity index (χ0) is 20.5. The van der Waals surface area contributed by atoms with E-state index in [1.807, 2.05) is 23.1 Å². The van der Waals surface area contributed by atoms with Gasteiger partial charge < -0.3 is 15.0 Å². The molecule has 1 unspecified atom stereocenters. The van der Waals surface area contributed by atoms with Crippen LogP contribution in [-0.2, 0) is 11.2 Å². The molecular formula is C24H33N3O2. The Hall–Kier alpha value is -2.56. The lowest BCUT2D eigenvalue weighted by Gasteiger charge is -2.42. The lowest BCUT2D eigenvalue weighted by molar-refractivity contribution is -0.132. The van der Waals surface area contributed by atoms with Crippen molar-refractivity contribution in [1.29, 1.82) is 0 Å². The summed E-state index contributed by atoms with van der Waals surface area (Å²) in [5.41, 5.74) is 1.52. The average Bonchev–Trinajstić information content (AvgIpc) is 2.75. The summed E-state index contributed by atoms with van der Waals surface area (Å²) < 4.78 is 5.88. The summed E-state index contributed by atoms with van der Waals surface area (Å²) in [5.74, 6) is 2.00. The van der Waals surface area contributed by atoms with Gasteiger partial charge in [-0.3, -0.25) is 4.79 Å². The van der Waals surface area contributed by atoms with Crippen LogP contribution in [0.1, 0.15) is 45.1 Å². The Morgan fingerprint density at radius 3 is 2.76 bits per heavy atom. The van der Waals surface area contributed by atoms with Crippen LogP contribution < -0.4 is 10.1 Å². The topological polar surface area (TPSA) is 54.5 Å². The van der Waals surface area contributed by atoms with Gasteiger partial charge in [-0.05, 0) is 67.3 Å². The quantitative estimate of drug-likeness (QED) is 0.633. The number of rotatable bonds is 9. The van der Waals surface area contributed by atoms with Crippen molar-refractivity contribution in [1.82, 2.24) is 9.88 Å². The summed E-state index contributed by atoms with van der Waals surface area (Å²) in [5, 5.41) is 3.29. The zero-order valence-corrected chi connectivity index (χ0v) is 17.7. The van der Waals surface area contributed by atoms with Gasteiger partial charge in [-0.25, -0.2) is 4.98 Å². The molecule has 0 radical (unpaired) electrons. The predicted molar refractivity (Wildman–Crippen MR) is 117 cm³/mol. The minimum Gasteiger partial charge on any atom is -0.494 e. The van der Waals surface area contributed by atoms with Gasteiger partial charge in [0.2, 0.25) is 5.91 Å². The Balaban J connectivity index is 1.45. The molecule has 1 fully saturated rings. The Labute approximate surface area is 174 Å². The van der Waals surface area contributed by atoms with E-state index >= 15 is 0 Å². The van der Waals surface area contributed by atoms with Crippen LogP contribution in [0.5, 0.6) is 5.75 Å². The molecule has 156 valence electrons. The molecular weight excluding hydrogens is 362 g/mol. The second-order valence-electron chi connectivity index (χ2n) is 8.06. The number of carbonyl (C=O) groups is 1. The van der Waals surface area contributed by atoms with Crippen molar-refractivity contribution in [3.63, 3.8) is 0 Å². The SMILES string of the molecule is CCC1(Cc2ccc(OCCCNc3ccccn3)cc2)CCCN(C(C)=O)C1. The minimum atomic E-state index is 0.198. The largest absolute Gasteiger partial charge is 0.494 e. The maximum Gasteiger partial charge on any atom is 0.219 e. The highest BCUT2D eigenvalue weighted by Gasteiger charge is 2.34. The third kappa shape index (κ3) is 6.21. The van der Waals surface area contributed by atoms with Gasteiger partial charge in [-0.1, -0.05) is 25.1 Å². The van der Waals surface area contributed by atoms with Crippen LogP contribution in [0, 0.1) is 5.41 Å². The van der Waals surface area contributed by atoms with Gasteiger partial charge in [0.1, 0.15) is 11.6 Å². The number of likely N-dealkylation sites (tertiary alicyclic amines) is 1. The van der Waals surface area contributed by atoms with Crippen LogP contribution in [0.15, 0.2) is 48.7 Å². The molecule has 1 atom stereocenters. The summed E-state index contributed by atoms with van der Waals surface area (Å²) in [6.07, 6.45) is 7.10. The number of anilines is 1. The molecule has 1 N–H and O–H groups in total. The highest BCUT2D eigenvalue weighted by atomic mass is 16.5. The smallest absolute Gasteiger partial charge is 0.219 e. The standard InChI is InChI=1S/C24H33N3O2/c1-3-24(13-6-16-27(19-24)20(2)28)18-21-9-11-22(12-10-21)29-17-7-15-26-23-8-4-5-14-25-23/h4-5,8-12,14H,3,6-7,13,15-19H2,1-2H3,(H,25,26). The van der Waals surface area contributed by atoms with Crippen molar-refractivity contribution in [3.05, 3.63) is 54.2 Å². The normalized spacial score (nSPS) is 19.0. The molecule has 0 bridgehead atoms. The second kappa shape index (κ2) is 10.3. The fraction of sp³-hybridized carbons (Fsp3) is 0.500. The molecule has 2 heterocycles. The van der Waals surface area contributed by atoms with Crippen LogP contribution in [0.2, 0.25) is 0 Å². The summed E-state index contributed by atoms with van der Waals surface area (Å²) >= 11 is 0. The van der Waals surface area contributed by atoms with Crippen LogP contribution in [0.3, 0.4) is 0 Å². The third-order valence-corrected chi connectivity index (χ3v) is 5.92. The first-order valence-electron chi connectivity index (χ1n) is 10.7. The van der Waals surface area contributed by atoms with Crippen molar-refractivity contribution >= 4 is 11.7 Å². The van der Waals surface area contributed by atoms with Crippen molar-refractivity contribution in [2.45, 2.75) is 46.0 Å². The van der Waals surface area contributed by atoms with Gasteiger partial charge in [0.25, 0.3) is 0 Å². The molecule has 1 aromatic heterocycles. The van der Waals surface area contributed by atoms with Gasteiger partial charge in [-0.2, -0.15) is 0 Å². The molecule has 5 heteroatoms. The minimum absolute atomic E-state index is 0.198. The van der Waals surface area contributed by atoms with Gasteiger partial charge in [0, 0.05) is 32.8 Å². The Kier molecular flexibility index (Phi) is 7.50. The summed E-state index contributed by atoms with van der Waals surface area (Å²) in [4.78, 5) is 18.1. The number of aromatic nitrogens is 1. The van der Waals surface area contributed by atoms with Crippen LogP contribution in [0.25, 0.3) is 0 Å². The van der Waals surface area contributed by atoms with Gasteiger partial charge in [0.05, 0.1) is 6.61 Å². The van der Waals surface area contributed by atoms with E-state index in [1.165, 1.54) is 12.0 Å². The fourth-order valence-electron chi connectivity index (χ4n) is 4.12. The number of nitrogens with one attached hydrogen (secondary N) is 1. The number of hydrogen-bond donors (Lipinski definition) is 1. The molecule has 0 aliphatic carbocycles. The monoisotopic (exact) mass is 395 g/mol. The number of benzene rings is 1. The van der Waals surface area contributed by atoms with Gasteiger partial charge in [-0.15, -0.1) is 0 Å². The number of amides is 1. The fourth-order valence-corrected chi connectivity index (χ4v) is 4.12. The van der Waals surface area contributed by atoms with E-state index in [2.05, 4.69) is 41.5 Å². The van der Waals surface area contributed by atoms with Gasteiger partial charge >= 0.3 is 0 Å². The number of pyridine rings is 1. The number of piperidine rings is 1.